The number of carbonyl (C=O) groups is 1. The Morgan fingerprint density at radius 2 is 1.97 bits per heavy atom. The summed E-state index contributed by atoms with van der Waals surface area (Å²) in [4.78, 5) is 12.6. The summed E-state index contributed by atoms with van der Waals surface area (Å²) in [7, 11) is 0. The van der Waals surface area contributed by atoms with Gasteiger partial charge in [-0.2, -0.15) is 18.3 Å². The highest BCUT2D eigenvalue weighted by atomic mass is 35.5. The van der Waals surface area contributed by atoms with Crippen LogP contribution in [0.4, 0.5) is 24.7 Å². The molecule has 1 amide bonds. The molecular formula is C21H16ClF3N4O3. The predicted octanol–water partition coefficient (Wildman–Crippen LogP) is 5.18. The number of carbonyl (C=O) groups excluding carboxylic acids is 1. The van der Waals surface area contributed by atoms with Crippen LogP contribution in [-0.4, -0.2) is 28.7 Å². The highest BCUT2D eigenvalue weighted by Crippen LogP contribution is 2.45. The predicted molar refractivity (Wildman–Crippen MR) is 110 cm³/mol. The van der Waals surface area contributed by atoms with Crippen molar-refractivity contribution in [2.75, 3.05) is 17.4 Å². The molecule has 2 atom stereocenters. The Hall–Kier alpha value is -3.40. The quantitative estimate of drug-likeness (QED) is 0.558. The zero-order valence-electron chi connectivity index (χ0n) is 16.3. The maximum absolute atomic E-state index is 13.9. The molecule has 0 unspecified atom stereocenters. The molecule has 7 nitrogen and oxygen atoms in total. The van der Waals surface area contributed by atoms with Gasteiger partial charge >= 0.3 is 6.18 Å². The van der Waals surface area contributed by atoms with Crippen molar-refractivity contribution in [3.8, 4) is 11.5 Å². The summed E-state index contributed by atoms with van der Waals surface area (Å²) < 4.78 is 53.1. The van der Waals surface area contributed by atoms with Crippen LogP contribution in [0.25, 0.3) is 0 Å². The molecule has 2 aromatic carbocycles. The lowest BCUT2D eigenvalue weighted by molar-refractivity contribution is -0.173. The summed E-state index contributed by atoms with van der Waals surface area (Å²) in [5, 5.41) is 10.0. The van der Waals surface area contributed by atoms with Gasteiger partial charge in [0.05, 0.1) is 6.04 Å². The summed E-state index contributed by atoms with van der Waals surface area (Å²) in [6, 6.07) is 10.2. The number of nitrogens with one attached hydrogen (secondary N) is 2. The minimum absolute atomic E-state index is 0.0694. The molecule has 5 rings (SSSR count). The van der Waals surface area contributed by atoms with E-state index in [1.54, 1.807) is 36.4 Å². The fraction of sp³-hybridized carbons (Fsp3) is 0.238. The number of aromatic nitrogens is 2. The zero-order valence-corrected chi connectivity index (χ0v) is 17.1. The molecule has 32 heavy (non-hydrogen) atoms. The molecule has 0 aliphatic carbocycles. The molecular weight excluding hydrogens is 449 g/mol. The number of hydrogen-bond acceptors (Lipinski definition) is 5. The second kappa shape index (κ2) is 7.63. The summed E-state index contributed by atoms with van der Waals surface area (Å²) in [6.07, 6.45) is -4.86. The van der Waals surface area contributed by atoms with Gasteiger partial charge in [-0.1, -0.05) is 23.7 Å². The molecule has 166 valence electrons. The van der Waals surface area contributed by atoms with E-state index in [1.165, 1.54) is 12.1 Å². The van der Waals surface area contributed by atoms with Crippen LogP contribution in [0.15, 0.2) is 48.5 Å². The number of nitrogens with zero attached hydrogens (tertiary/aromatic N) is 2. The van der Waals surface area contributed by atoms with Crippen molar-refractivity contribution >= 4 is 29.0 Å². The smallest absolute Gasteiger partial charge is 0.410 e. The van der Waals surface area contributed by atoms with Crippen LogP contribution >= 0.6 is 11.6 Å². The Kier molecular flexibility index (Phi) is 4.89. The monoisotopic (exact) mass is 464 g/mol. The van der Waals surface area contributed by atoms with Crippen molar-refractivity contribution in [2.45, 2.75) is 24.7 Å². The highest BCUT2D eigenvalue weighted by molar-refractivity contribution is 6.30. The lowest BCUT2D eigenvalue weighted by Crippen LogP contribution is -2.35. The molecule has 2 aliphatic heterocycles. The fourth-order valence-corrected chi connectivity index (χ4v) is 3.98. The molecule has 0 saturated carbocycles. The van der Waals surface area contributed by atoms with E-state index in [4.69, 9.17) is 21.1 Å². The molecule has 3 aromatic rings. The molecule has 0 fully saturated rings. The van der Waals surface area contributed by atoms with Gasteiger partial charge in [0.15, 0.2) is 23.2 Å². The Labute approximate surface area is 185 Å². The van der Waals surface area contributed by atoms with Crippen molar-refractivity contribution in [1.29, 1.82) is 0 Å². The zero-order chi connectivity index (χ0) is 22.5. The van der Waals surface area contributed by atoms with E-state index in [0.717, 1.165) is 4.68 Å². The van der Waals surface area contributed by atoms with Crippen LogP contribution in [0.3, 0.4) is 0 Å². The van der Waals surface area contributed by atoms with Crippen LogP contribution in [0.1, 0.15) is 34.6 Å². The van der Waals surface area contributed by atoms with Crippen molar-refractivity contribution in [2.24, 2.45) is 0 Å². The fourth-order valence-electron chi connectivity index (χ4n) is 3.79. The first-order valence-electron chi connectivity index (χ1n) is 9.67. The summed E-state index contributed by atoms with van der Waals surface area (Å²) in [6.45, 7) is 0.0694. The molecule has 3 heterocycles. The first-order valence-corrected chi connectivity index (χ1v) is 10.0. The van der Waals surface area contributed by atoms with Crippen LogP contribution < -0.4 is 20.1 Å². The third-order valence-corrected chi connectivity index (χ3v) is 5.54. The van der Waals surface area contributed by atoms with Crippen molar-refractivity contribution in [1.82, 2.24) is 9.78 Å². The van der Waals surface area contributed by atoms with Crippen molar-refractivity contribution < 1.29 is 27.4 Å². The number of amides is 1. The van der Waals surface area contributed by atoms with E-state index in [2.05, 4.69) is 15.7 Å². The summed E-state index contributed by atoms with van der Waals surface area (Å²) in [5.74, 6) is 0.476. The van der Waals surface area contributed by atoms with Crippen LogP contribution in [0.5, 0.6) is 11.5 Å². The van der Waals surface area contributed by atoms with E-state index in [0.29, 0.717) is 27.8 Å². The number of halogens is 4. The second-order valence-electron chi connectivity index (χ2n) is 7.43. The molecule has 1 aromatic heterocycles. The van der Waals surface area contributed by atoms with Crippen LogP contribution in [0.2, 0.25) is 5.02 Å². The number of anilines is 2. The average molecular weight is 465 g/mol. The largest absolute Gasteiger partial charge is 0.454 e. The van der Waals surface area contributed by atoms with E-state index in [1.807, 2.05) is 0 Å². The van der Waals surface area contributed by atoms with Crippen LogP contribution in [0, 0.1) is 0 Å². The minimum Gasteiger partial charge on any atom is -0.454 e. The number of benzene rings is 2. The molecule has 0 spiro atoms. The summed E-state index contributed by atoms with van der Waals surface area (Å²) >= 11 is 5.91. The highest BCUT2D eigenvalue weighted by Gasteiger charge is 2.47. The number of fused-ring (bicyclic) bond motifs is 2. The normalized spacial score (nSPS) is 19.2. The van der Waals surface area contributed by atoms with Gasteiger partial charge in [0.1, 0.15) is 5.82 Å². The van der Waals surface area contributed by atoms with Gasteiger partial charge in [0.25, 0.3) is 5.91 Å². The molecule has 11 heteroatoms. The first-order chi connectivity index (χ1) is 15.3. The van der Waals surface area contributed by atoms with Gasteiger partial charge in [-0.15, -0.1) is 0 Å². The third-order valence-electron chi connectivity index (χ3n) is 5.30. The minimum atomic E-state index is -4.56. The van der Waals surface area contributed by atoms with Gasteiger partial charge in [-0.25, -0.2) is 4.68 Å². The van der Waals surface area contributed by atoms with E-state index in [9.17, 15) is 18.0 Å². The molecule has 0 radical (unpaired) electrons. The van der Waals surface area contributed by atoms with Gasteiger partial charge < -0.3 is 20.1 Å². The number of hydrogen-bond donors (Lipinski definition) is 2. The SMILES string of the molecule is O=C(Nc1cccc(Cl)c1)c1cc2n(n1)[C@H](C(F)(F)F)C[C@H](c1ccc3c(c1)OCO3)N2. The number of ether oxygens (including phenoxy) is 2. The van der Waals surface area contributed by atoms with E-state index >= 15 is 0 Å². The number of rotatable bonds is 3. The van der Waals surface area contributed by atoms with Gasteiger partial charge in [0.2, 0.25) is 6.79 Å². The standard InChI is InChI=1S/C21H16ClF3N4O3/c22-12-2-1-3-13(7-12)26-20(30)15-9-19-27-14(8-18(21(23,24)25)29(19)28-15)11-4-5-16-17(6-11)32-10-31-16/h1-7,9,14,18,27H,8,10H2,(H,26,30)/t14-,18+/m1/s1. The molecule has 0 saturated heterocycles. The number of alkyl halides is 3. The topological polar surface area (TPSA) is 77.4 Å². The summed E-state index contributed by atoms with van der Waals surface area (Å²) in [5.41, 5.74) is 0.876. The Morgan fingerprint density at radius 3 is 2.75 bits per heavy atom. The Balaban J connectivity index is 1.45. The third kappa shape index (κ3) is 3.81. The maximum Gasteiger partial charge on any atom is 0.410 e. The first kappa shape index (κ1) is 20.5. The van der Waals surface area contributed by atoms with Gasteiger partial charge in [-0.3, -0.25) is 4.79 Å². The Bertz CT molecular complexity index is 1200. The van der Waals surface area contributed by atoms with Crippen molar-refractivity contribution in [3.63, 3.8) is 0 Å². The molecule has 2 N–H and O–H groups in total. The van der Waals surface area contributed by atoms with E-state index < -0.39 is 24.2 Å². The molecule has 0 bridgehead atoms. The maximum atomic E-state index is 13.9. The van der Waals surface area contributed by atoms with Gasteiger partial charge in [0, 0.05) is 23.2 Å². The van der Waals surface area contributed by atoms with E-state index in [-0.39, 0.29) is 24.7 Å². The lowest BCUT2D eigenvalue weighted by atomic mass is 9.96. The second-order valence-corrected chi connectivity index (χ2v) is 7.86. The van der Waals surface area contributed by atoms with Crippen LogP contribution in [-0.2, 0) is 0 Å². The average Bonchev–Trinajstić information content (AvgIpc) is 3.38. The van der Waals surface area contributed by atoms with Crippen molar-refractivity contribution in [3.05, 3.63) is 64.8 Å². The molecule has 2 aliphatic rings. The Morgan fingerprint density at radius 1 is 1.16 bits per heavy atom. The lowest BCUT2D eigenvalue weighted by Gasteiger charge is -2.33. The van der Waals surface area contributed by atoms with Gasteiger partial charge in [-0.05, 0) is 35.9 Å².